The highest BCUT2D eigenvalue weighted by atomic mass is 35.5. The fourth-order valence-electron chi connectivity index (χ4n) is 2.36. The van der Waals surface area contributed by atoms with Crippen LogP contribution in [0.2, 0.25) is 5.02 Å². The van der Waals surface area contributed by atoms with Crippen molar-refractivity contribution >= 4 is 55.6 Å². The average molecular weight is 453 g/mol. The highest BCUT2D eigenvalue weighted by Crippen LogP contribution is 2.27. The first kappa shape index (κ1) is 21.1. The molecule has 3 aromatic rings. The first-order valence-electron chi connectivity index (χ1n) is 8.17. The molecule has 0 radical (unpaired) electrons. The van der Waals surface area contributed by atoms with Crippen molar-refractivity contribution in [2.24, 2.45) is 0 Å². The molecule has 0 aliphatic rings. The Morgan fingerprint density at radius 1 is 0.966 bits per heavy atom. The van der Waals surface area contributed by atoms with Gasteiger partial charge < -0.3 is 10.6 Å². The summed E-state index contributed by atoms with van der Waals surface area (Å²) in [6.07, 6.45) is 4.34. The number of anilines is 4. The molecule has 152 valence electrons. The molecule has 1 unspecified atom stereocenters. The first-order valence-corrected chi connectivity index (χ1v) is 11.6. The van der Waals surface area contributed by atoms with Crippen LogP contribution in [0, 0.1) is 0 Å². The van der Waals surface area contributed by atoms with Crippen LogP contribution >= 0.6 is 11.6 Å². The van der Waals surface area contributed by atoms with Crippen molar-refractivity contribution < 1.29 is 12.6 Å². The monoisotopic (exact) mass is 452 g/mol. The topological polar surface area (TPSA) is 126 Å². The van der Waals surface area contributed by atoms with E-state index in [0.29, 0.717) is 33.1 Å². The summed E-state index contributed by atoms with van der Waals surface area (Å²) in [5, 5.41) is 6.53. The molecule has 1 atom stereocenters. The zero-order valence-corrected chi connectivity index (χ0v) is 17.8. The smallest absolute Gasteiger partial charge is 0.240 e. The Balaban J connectivity index is 1.91. The summed E-state index contributed by atoms with van der Waals surface area (Å²) in [7, 11) is -3.69. The van der Waals surface area contributed by atoms with E-state index in [1.807, 2.05) is 0 Å². The maximum atomic E-state index is 12.1. The van der Waals surface area contributed by atoms with Crippen molar-refractivity contribution in [1.82, 2.24) is 19.7 Å². The van der Waals surface area contributed by atoms with Crippen molar-refractivity contribution in [2.45, 2.75) is 9.79 Å². The lowest BCUT2D eigenvalue weighted by atomic mass is 10.3. The van der Waals surface area contributed by atoms with E-state index in [0.717, 1.165) is 0 Å². The lowest BCUT2D eigenvalue weighted by molar-refractivity contribution is 0.588. The van der Waals surface area contributed by atoms with E-state index in [4.69, 9.17) is 11.6 Å². The Hall–Kier alpha value is -2.60. The van der Waals surface area contributed by atoms with Crippen molar-refractivity contribution in [1.29, 1.82) is 0 Å². The molecule has 29 heavy (non-hydrogen) atoms. The molecule has 0 saturated carbocycles. The lowest BCUT2D eigenvalue weighted by Gasteiger charge is -2.13. The maximum absolute atomic E-state index is 12.1. The van der Waals surface area contributed by atoms with Crippen LogP contribution in [0.1, 0.15) is 0 Å². The van der Waals surface area contributed by atoms with Crippen LogP contribution in [-0.2, 0) is 20.8 Å². The number of aromatic nitrogens is 3. The maximum Gasteiger partial charge on any atom is 0.240 e. The molecular formula is C17H17ClN6O3S2. The number of benzene rings is 1. The van der Waals surface area contributed by atoms with Crippen LogP contribution in [-0.4, -0.2) is 40.9 Å². The van der Waals surface area contributed by atoms with Crippen molar-refractivity contribution in [3.05, 3.63) is 53.9 Å². The Morgan fingerprint density at radius 2 is 1.69 bits per heavy atom. The number of hydrogen-bond acceptors (Lipinski definition) is 8. The van der Waals surface area contributed by atoms with E-state index in [1.54, 1.807) is 18.2 Å². The van der Waals surface area contributed by atoms with Crippen LogP contribution in [0.4, 0.5) is 23.1 Å². The molecule has 2 aromatic heterocycles. The van der Waals surface area contributed by atoms with Gasteiger partial charge >= 0.3 is 0 Å². The van der Waals surface area contributed by atoms with Gasteiger partial charge in [0.2, 0.25) is 10.0 Å². The van der Waals surface area contributed by atoms with Crippen molar-refractivity contribution in [2.75, 3.05) is 23.9 Å². The predicted octanol–water partition coefficient (Wildman–Crippen LogP) is 2.66. The molecule has 0 aliphatic carbocycles. The summed E-state index contributed by atoms with van der Waals surface area (Å²) in [6.45, 7) is 0. The van der Waals surface area contributed by atoms with Crippen LogP contribution in [0.3, 0.4) is 0 Å². The number of rotatable bonds is 7. The van der Waals surface area contributed by atoms with Crippen LogP contribution in [0.15, 0.2) is 58.7 Å². The highest BCUT2D eigenvalue weighted by molar-refractivity contribution is 7.89. The van der Waals surface area contributed by atoms with Gasteiger partial charge in [-0.05, 0) is 37.4 Å². The minimum Gasteiger partial charge on any atom is -0.339 e. The van der Waals surface area contributed by atoms with Gasteiger partial charge in [-0.15, -0.1) is 0 Å². The summed E-state index contributed by atoms with van der Waals surface area (Å²) in [5.74, 6) is 1.37. The number of sulfonamides is 1. The van der Waals surface area contributed by atoms with Crippen LogP contribution in [0.5, 0.6) is 0 Å². The summed E-state index contributed by atoms with van der Waals surface area (Å²) in [4.78, 5) is 12.9. The fourth-order valence-corrected chi connectivity index (χ4v) is 3.90. The van der Waals surface area contributed by atoms with Gasteiger partial charge in [0.25, 0.3) is 0 Å². The third-order valence-electron chi connectivity index (χ3n) is 3.75. The fraction of sp³-hybridized carbons (Fsp3) is 0.118. The number of halogens is 1. The second kappa shape index (κ2) is 8.82. The van der Waals surface area contributed by atoms with Gasteiger partial charge in [0.1, 0.15) is 23.8 Å². The second-order valence-electron chi connectivity index (χ2n) is 5.72. The van der Waals surface area contributed by atoms with Gasteiger partial charge in [-0.1, -0.05) is 11.6 Å². The third-order valence-corrected chi connectivity index (χ3v) is 6.36. The quantitative estimate of drug-likeness (QED) is 0.499. The molecule has 0 amide bonds. The number of nitrogens with zero attached hydrogens (tertiary/aromatic N) is 3. The molecule has 3 N–H and O–H groups in total. The van der Waals surface area contributed by atoms with Gasteiger partial charge in [-0.25, -0.2) is 28.1 Å². The van der Waals surface area contributed by atoms with E-state index in [1.165, 1.54) is 44.0 Å². The van der Waals surface area contributed by atoms with Crippen LogP contribution in [0.25, 0.3) is 0 Å². The van der Waals surface area contributed by atoms with Gasteiger partial charge in [0, 0.05) is 18.5 Å². The lowest BCUT2D eigenvalue weighted by Crippen LogP contribution is -2.18. The van der Waals surface area contributed by atoms with Crippen LogP contribution < -0.4 is 15.4 Å². The normalized spacial score (nSPS) is 12.4. The van der Waals surface area contributed by atoms with Crippen molar-refractivity contribution in [3.8, 4) is 0 Å². The number of pyridine rings is 1. The van der Waals surface area contributed by atoms with E-state index in [9.17, 15) is 12.6 Å². The summed E-state index contributed by atoms with van der Waals surface area (Å²) < 4.78 is 38.5. The molecule has 1 aromatic carbocycles. The third kappa shape index (κ3) is 5.26. The Bertz CT molecular complexity index is 1160. The minimum atomic E-state index is -3.66. The molecule has 9 nitrogen and oxygen atoms in total. The van der Waals surface area contributed by atoms with E-state index < -0.39 is 20.8 Å². The minimum absolute atomic E-state index is 0.0365. The molecular weight excluding hydrogens is 436 g/mol. The van der Waals surface area contributed by atoms with Gasteiger partial charge in [0.15, 0.2) is 0 Å². The first-order chi connectivity index (χ1) is 13.8. The van der Waals surface area contributed by atoms with E-state index in [-0.39, 0.29) is 4.90 Å². The molecule has 0 saturated heterocycles. The van der Waals surface area contributed by atoms with E-state index in [2.05, 4.69) is 30.3 Å². The molecule has 0 spiro atoms. The molecule has 12 heteroatoms. The van der Waals surface area contributed by atoms with E-state index >= 15 is 0 Å². The van der Waals surface area contributed by atoms with Gasteiger partial charge in [-0.3, -0.25) is 4.21 Å². The zero-order valence-electron chi connectivity index (χ0n) is 15.4. The molecule has 0 bridgehead atoms. The largest absolute Gasteiger partial charge is 0.339 e. The predicted molar refractivity (Wildman–Crippen MR) is 113 cm³/mol. The number of hydrogen-bond donors (Lipinski definition) is 3. The molecule has 0 fully saturated rings. The second-order valence-corrected chi connectivity index (χ2v) is 9.39. The Morgan fingerprint density at radius 3 is 2.31 bits per heavy atom. The Labute approximate surface area is 175 Å². The standard InChI is InChI=1S/C17H17ClN6O3S2/c1-19-29(26,27)12-4-5-14(28(2)25)13(7-12)23-16-8-17(22-10-21-16)24-15-6-3-11(18)9-20-15/h3-10,19H,1-2H3,(H2,20,21,22,23,24). The molecule has 3 rings (SSSR count). The molecule has 0 aliphatic heterocycles. The summed E-state index contributed by atoms with van der Waals surface area (Å²) in [6, 6.07) is 9.29. The van der Waals surface area contributed by atoms with Gasteiger partial charge in [-0.2, -0.15) is 0 Å². The SMILES string of the molecule is CNS(=O)(=O)c1ccc(S(C)=O)c(Nc2cc(Nc3ccc(Cl)cn3)ncn2)c1. The van der Waals surface area contributed by atoms with Gasteiger partial charge in [0.05, 0.1) is 31.3 Å². The summed E-state index contributed by atoms with van der Waals surface area (Å²) in [5.41, 5.74) is 0.358. The zero-order chi connectivity index (χ0) is 21.0. The molecule has 2 heterocycles. The Kier molecular flexibility index (Phi) is 6.42. The average Bonchev–Trinajstić information content (AvgIpc) is 2.70. The highest BCUT2D eigenvalue weighted by Gasteiger charge is 2.16. The summed E-state index contributed by atoms with van der Waals surface area (Å²) >= 11 is 5.83. The number of nitrogens with one attached hydrogen (secondary N) is 3. The van der Waals surface area contributed by atoms with Crippen molar-refractivity contribution in [3.63, 3.8) is 0 Å².